The van der Waals surface area contributed by atoms with Crippen LogP contribution >= 0.6 is 0 Å². The van der Waals surface area contributed by atoms with E-state index >= 15 is 0 Å². The normalized spacial score (nSPS) is 23.7. The van der Waals surface area contributed by atoms with Gasteiger partial charge in [0.1, 0.15) is 36.1 Å². The lowest BCUT2D eigenvalue weighted by atomic mass is 10.0. The molecule has 4 aromatic heterocycles. The molecule has 11 rings (SSSR count). The van der Waals surface area contributed by atoms with Crippen LogP contribution in [0.2, 0.25) is 0 Å². The van der Waals surface area contributed by atoms with E-state index in [1.54, 1.807) is 19.3 Å². The number of rotatable bonds is 14. The number of piperidine rings is 2. The zero-order chi connectivity index (χ0) is 54.9. The van der Waals surface area contributed by atoms with Gasteiger partial charge in [-0.1, -0.05) is 25.8 Å². The van der Waals surface area contributed by atoms with Gasteiger partial charge < -0.3 is 43.5 Å². The SMILES string of the molecule is CC1(OC(=O)ON2C(=O)CCC2=O)CC1.CCN(CC)CC.Cc1ncccc1Oc1ncnc(OC2CC3CCC(C2)N3)c1C.Cc1ncccc1Oc1ncnc(OC2CC3CCC(C2)N3C(=O)OC2(C)CC2)c1C. The minimum atomic E-state index is -0.987. The molecule has 21 heteroatoms. The fourth-order valence-corrected chi connectivity index (χ4v) is 10.0. The number of pyridine rings is 2. The summed E-state index contributed by atoms with van der Waals surface area (Å²) in [6, 6.07) is 8.92. The lowest BCUT2D eigenvalue weighted by molar-refractivity contribution is -0.179. The van der Waals surface area contributed by atoms with Crippen molar-refractivity contribution < 1.29 is 52.4 Å². The summed E-state index contributed by atoms with van der Waals surface area (Å²) >= 11 is 0. The van der Waals surface area contributed by atoms with Crippen molar-refractivity contribution in [2.24, 2.45) is 0 Å². The molecule has 1 N–H and O–H groups in total. The Balaban J connectivity index is 0.000000151. The highest BCUT2D eigenvalue weighted by molar-refractivity contribution is 6.01. The van der Waals surface area contributed by atoms with Crippen molar-refractivity contribution in [3.63, 3.8) is 0 Å². The molecule has 2 saturated carbocycles. The second-order valence-electron chi connectivity index (χ2n) is 21.4. The van der Waals surface area contributed by atoms with Crippen molar-refractivity contribution in [1.29, 1.82) is 0 Å². The molecule has 5 saturated heterocycles. The number of carbonyl (C=O) groups is 4. The number of hydrogen-bond acceptors (Lipinski definition) is 19. The van der Waals surface area contributed by atoms with Crippen LogP contribution < -0.4 is 24.3 Å². The molecule has 4 aromatic rings. The molecule has 77 heavy (non-hydrogen) atoms. The highest BCUT2D eigenvalue weighted by Gasteiger charge is 2.49. The van der Waals surface area contributed by atoms with E-state index in [0.717, 1.165) is 86.7 Å². The number of ether oxygens (including phenoxy) is 6. The van der Waals surface area contributed by atoms with Crippen molar-refractivity contribution in [2.45, 2.75) is 200 Å². The fourth-order valence-electron chi connectivity index (χ4n) is 10.0. The van der Waals surface area contributed by atoms with Gasteiger partial charge in [0.25, 0.3) is 11.8 Å². The number of carbonyl (C=O) groups excluding carboxylic acids is 4. The number of imide groups is 1. The molecule has 5 aliphatic heterocycles. The summed E-state index contributed by atoms with van der Waals surface area (Å²) in [4.78, 5) is 80.5. The van der Waals surface area contributed by atoms with Gasteiger partial charge in [0.2, 0.25) is 23.5 Å². The third kappa shape index (κ3) is 15.1. The predicted molar refractivity (Wildman–Crippen MR) is 281 cm³/mol. The maximum Gasteiger partial charge on any atom is 0.534 e. The molecule has 4 unspecified atom stereocenters. The maximum absolute atomic E-state index is 12.7. The molecule has 9 heterocycles. The number of hydrogen-bond donors (Lipinski definition) is 1. The quantitative estimate of drug-likeness (QED) is 0.0915. The van der Waals surface area contributed by atoms with E-state index in [1.165, 1.54) is 45.1 Å². The Bertz CT molecular complexity index is 2650. The zero-order valence-corrected chi connectivity index (χ0v) is 46.1. The first kappa shape index (κ1) is 56.5. The molecule has 7 aliphatic rings. The van der Waals surface area contributed by atoms with Crippen molar-refractivity contribution in [3.05, 3.63) is 71.8 Å². The van der Waals surface area contributed by atoms with Gasteiger partial charge in [-0.3, -0.25) is 24.4 Å². The minimum absolute atomic E-state index is 0.000334. The van der Waals surface area contributed by atoms with Gasteiger partial charge in [-0.25, -0.2) is 29.5 Å². The summed E-state index contributed by atoms with van der Waals surface area (Å²) < 4.78 is 35.0. The molecule has 21 nitrogen and oxygen atoms in total. The van der Waals surface area contributed by atoms with Gasteiger partial charge in [-0.05, 0) is 150 Å². The molecule has 3 amide bonds. The number of aromatic nitrogens is 6. The van der Waals surface area contributed by atoms with Crippen LogP contribution in [-0.2, 0) is 23.9 Å². The molecule has 7 fully saturated rings. The third-order valence-electron chi connectivity index (χ3n) is 15.3. The number of amides is 3. The summed E-state index contributed by atoms with van der Waals surface area (Å²) in [7, 11) is 0. The first-order valence-corrected chi connectivity index (χ1v) is 27.4. The third-order valence-corrected chi connectivity index (χ3v) is 15.3. The molecule has 4 bridgehead atoms. The van der Waals surface area contributed by atoms with Crippen LogP contribution in [0.5, 0.6) is 35.0 Å². The highest BCUT2D eigenvalue weighted by atomic mass is 16.8. The van der Waals surface area contributed by atoms with E-state index in [2.05, 4.69) is 65.7 Å². The smallest absolute Gasteiger partial charge is 0.474 e. The van der Waals surface area contributed by atoms with Gasteiger partial charge in [-0.15, -0.1) is 0 Å². The first-order chi connectivity index (χ1) is 36.9. The van der Waals surface area contributed by atoms with Crippen LogP contribution in [0, 0.1) is 27.7 Å². The Morgan fingerprint density at radius 2 is 1.06 bits per heavy atom. The molecular weight excluding hydrogens is 989 g/mol. The molecule has 4 atom stereocenters. The number of nitrogens with zero attached hydrogens (tertiary/aromatic N) is 9. The van der Waals surface area contributed by atoms with E-state index in [-0.39, 0.29) is 48.8 Å². The molecule has 0 aromatic carbocycles. The predicted octanol–water partition coefficient (Wildman–Crippen LogP) is 9.39. The van der Waals surface area contributed by atoms with E-state index in [4.69, 9.17) is 28.4 Å². The molecule has 0 radical (unpaired) electrons. The van der Waals surface area contributed by atoms with Crippen LogP contribution in [0.15, 0.2) is 49.3 Å². The Kier molecular flexibility index (Phi) is 18.4. The van der Waals surface area contributed by atoms with Crippen LogP contribution in [0.4, 0.5) is 9.59 Å². The van der Waals surface area contributed by atoms with Crippen molar-refractivity contribution in [2.75, 3.05) is 19.6 Å². The van der Waals surface area contributed by atoms with Crippen LogP contribution in [0.25, 0.3) is 0 Å². The molecule has 2 aliphatic carbocycles. The van der Waals surface area contributed by atoms with Crippen molar-refractivity contribution >= 4 is 24.1 Å². The fraction of sp³-hybridized carbons (Fsp3) is 0.607. The monoisotopic (exact) mass is 1060 g/mol. The molecular formula is C56H76N10O11. The number of aryl methyl sites for hydroxylation is 2. The number of fused-ring (bicyclic) bond motifs is 4. The molecule has 416 valence electrons. The van der Waals surface area contributed by atoms with Crippen molar-refractivity contribution in [1.82, 2.24) is 50.1 Å². The topological polar surface area (TPSA) is 232 Å². The summed E-state index contributed by atoms with van der Waals surface area (Å²) in [6.07, 6.45) is 17.3. The van der Waals surface area contributed by atoms with Gasteiger partial charge in [0.05, 0.1) is 22.5 Å². The highest BCUT2D eigenvalue weighted by Crippen LogP contribution is 2.44. The van der Waals surface area contributed by atoms with Crippen LogP contribution in [0.3, 0.4) is 0 Å². The minimum Gasteiger partial charge on any atom is -0.474 e. The standard InChI is InChI=1S/C23H28N4O4.C18H22N4O2.C9H11NO5.C6H15N/c1-14-20(25-13-26-21(14)30-19-5-4-10-24-15(19)2)29-18-11-16-6-7-17(12-18)27(16)22(28)31-23(3)8-9-23;1-11-17(23-15-8-13-5-6-14(9-15)22-13)20-10-21-18(11)24-16-4-3-7-19-12(16)2;1-9(4-5-9)14-8(13)15-10-6(11)2-3-7(10)12;1-4-7(5-2)6-3/h4-5,10,13,16-18H,6-9,11-12H2,1-3H3;3-4,7,10,13-15,22H,5-6,8-9H2,1-2H3;2-5H2,1H3;4-6H2,1-3H3. The van der Waals surface area contributed by atoms with Crippen molar-refractivity contribution in [3.8, 4) is 35.0 Å². The van der Waals surface area contributed by atoms with Gasteiger partial charge >= 0.3 is 12.2 Å². The van der Waals surface area contributed by atoms with Gasteiger partial charge in [0, 0.05) is 62.2 Å². The first-order valence-electron chi connectivity index (χ1n) is 27.4. The number of nitrogens with one attached hydrogen (secondary N) is 1. The Labute approximate surface area is 451 Å². The summed E-state index contributed by atoms with van der Waals surface area (Å²) in [5.74, 6) is 2.48. The zero-order valence-electron chi connectivity index (χ0n) is 46.1. The van der Waals surface area contributed by atoms with E-state index in [1.807, 2.05) is 63.8 Å². The lowest BCUT2D eigenvalue weighted by Gasteiger charge is -2.38. The van der Waals surface area contributed by atoms with Crippen LogP contribution in [-0.4, -0.2) is 136 Å². The second-order valence-corrected chi connectivity index (χ2v) is 21.4. The van der Waals surface area contributed by atoms with E-state index in [0.29, 0.717) is 52.2 Å². The maximum atomic E-state index is 12.7. The second kappa shape index (κ2) is 25.2. The van der Waals surface area contributed by atoms with E-state index < -0.39 is 23.6 Å². The van der Waals surface area contributed by atoms with E-state index in [9.17, 15) is 19.2 Å². The Hall–Kier alpha value is -6.74. The average Bonchev–Trinajstić information content (AvgIpc) is 4.23. The Morgan fingerprint density at radius 3 is 1.49 bits per heavy atom. The average molecular weight is 1070 g/mol. The van der Waals surface area contributed by atoms with Gasteiger partial charge in [0.15, 0.2) is 11.5 Å². The Morgan fingerprint density at radius 1 is 0.623 bits per heavy atom. The summed E-state index contributed by atoms with van der Waals surface area (Å²) in [5, 5.41) is 4.11. The summed E-state index contributed by atoms with van der Waals surface area (Å²) in [6.45, 7) is 21.5. The summed E-state index contributed by atoms with van der Waals surface area (Å²) in [5.41, 5.74) is 2.48. The number of hydroxylamine groups is 2. The van der Waals surface area contributed by atoms with Gasteiger partial charge in [-0.2, -0.15) is 0 Å². The largest absolute Gasteiger partial charge is 0.534 e. The lowest BCUT2D eigenvalue weighted by Crippen LogP contribution is -2.50. The molecule has 0 spiro atoms. The van der Waals surface area contributed by atoms with Crippen LogP contribution in [0.1, 0.15) is 147 Å².